The first-order valence-electron chi connectivity index (χ1n) is 30.1. The zero-order chi connectivity index (χ0) is 55.0. The van der Waals surface area contributed by atoms with E-state index in [0.717, 1.165) is 109 Å². The van der Waals surface area contributed by atoms with Crippen LogP contribution in [-0.2, 0) is 14.3 Å². The van der Waals surface area contributed by atoms with Gasteiger partial charge < -0.3 is 40.3 Å². The van der Waals surface area contributed by atoms with Gasteiger partial charge in [0.1, 0.15) is 24.4 Å². The molecule has 76 heavy (non-hydrogen) atoms. The molecule has 1 aliphatic heterocycles. The van der Waals surface area contributed by atoms with Crippen molar-refractivity contribution in [2.75, 3.05) is 13.2 Å². The Morgan fingerprint density at radius 1 is 0.461 bits per heavy atom. The molecule has 1 saturated heterocycles. The second kappa shape index (κ2) is 54.4. The summed E-state index contributed by atoms with van der Waals surface area (Å²) in [4.78, 5) is 13.1. The number of amides is 1. The van der Waals surface area contributed by atoms with Gasteiger partial charge in [-0.1, -0.05) is 243 Å². The van der Waals surface area contributed by atoms with Gasteiger partial charge in [-0.15, -0.1) is 0 Å². The van der Waals surface area contributed by atoms with Crippen molar-refractivity contribution in [2.45, 2.75) is 256 Å². The highest BCUT2D eigenvalue weighted by atomic mass is 16.7. The Kier molecular flexibility index (Phi) is 50.2. The van der Waals surface area contributed by atoms with Crippen LogP contribution >= 0.6 is 0 Å². The largest absolute Gasteiger partial charge is 0.394 e. The molecule has 9 nitrogen and oxygen atoms in total. The van der Waals surface area contributed by atoms with Gasteiger partial charge >= 0.3 is 0 Å². The number of aliphatic hydroxyl groups is 5. The van der Waals surface area contributed by atoms with Crippen LogP contribution in [0.3, 0.4) is 0 Å². The second-order valence-electron chi connectivity index (χ2n) is 20.0. The molecule has 0 aromatic carbocycles. The second-order valence-corrected chi connectivity index (χ2v) is 20.0. The summed E-state index contributed by atoms with van der Waals surface area (Å²) in [5.74, 6) is -0.217. The van der Waals surface area contributed by atoms with E-state index in [-0.39, 0.29) is 12.5 Å². The molecule has 1 aliphatic rings. The molecular weight excluding hydrogens is 947 g/mol. The van der Waals surface area contributed by atoms with Crippen molar-refractivity contribution in [2.24, 2.45) is 0 Å². The molecule has 430 valence electrons. The van der Waals surface area contributed by atoms with Gasteiger partial charge in [-0.2, -0.15) is 0 Å². The number of rotatable bonds is 49. The summed E-state index contributed by atoms with van der Waals surface area (Å²) in [5, 5.41) is 54.5. The fourth-order valence-electron chi connectivity index (χ4n) is 8.43. The minimum Gasteiger partial charge on any atom is -0.394 e. The van der Waals surface area contributed by atoms with Gasteiger partial charge in [0, 0.05) is 6.42 Å². The van der Waals surface area contributed by atoms with Crippen LogP contribution in [0.25, 0.3) is 0 Å². The zero-order valence-electron chi connectivity index (χ0n) is 47.7. The van der Waals surface area contributed by atoms with Gasteiger partial charge in [-0.05, 0) is 109 Å². The maximum atomic E-state index is 13.1. The van der Waals surface area contributed by atoms with E-state index in [0.29, 0.717) is 12.8 Å². The highest BCUT2D eigenvalue weighted by molar-refractivity contribution is 5.76. The Balaban J connectivity index is 2.26. The molecule has 7 unspecified atom stereocenters. The first-order chi connectivity index (χ1) is 37.3. The summed E-state index contributed by atoms with van der Waals surface area (Å²) in [7, 11) is 0. The number of unbranched alkanes of at least 4 members (excludes halogenated alkanes) is 17. The lowest BCUT2D eigenvalue weighted by molar-refractivity contribution is -0.302. The van der Waals surface area contributed by atoms with E-state index in [1.807, 2.05) is 6.08 Å². The third kappa shape index (κ3) is 43.1. The highest BCUT2D eigenvalue weighted by Gasteiger charge is 2.44. The SMILES string of the molecule is CC/C=C\C/C=C\C/C=C\C/C=C\C/C=C\C/C=C\C/C=C\C/C=C\C/C=C\C/C=C\CCCCCCC(=O)NC(COC1OC(CO)C(O)C(O)C1O)C(O)/C=C/CC/C=C/CCCCCCCCCCCCCC. The monoisotopic (exact) mass is 1060 g/mol. The average Bonchev–Trinajstić information content (AvgIpc) is 3.42. The Morgan fingerprint density at radius 3 is 1.26 bits per heavy atom. The molecule has 0 aromatic heterocycles. The van der Waals surface area contributed by atoms with Gasteiger partial charge in [0.05, 0.1) is 25.4 Å². The van der Waals surface area contributed by atoms with Crippen LogP contribution in [0.4, 0.5) is 0 Å². The van der Waals surface area contributed by atoms with Crippen LogP contribution in [0.1, 0.15) is 213 Å². The quantitative estimate of drug-likeness (QED) is 0.0261. The fraction of sp³-hybridized carbons (Fsp3) is 0.627. The summed E-state index contributed by atoms with van der Waals surface area (Å²) in [6.07, 6.45) is 77.7. The van der Waals surface area contributed by atoms with Gasteiger partial charge in [0.15, 0.2) is 6.29 Å². The van der Waals surface area contributed by atoms with Crippen LogP contribution in [0.2, 0.25) is 0 Å². The third-order valence-corrected chi connectivity index (χ3v) is 13.1. The Bertz CT molecular complexity index is 1700. The average molecular weight is 1060 g/mol. The Hall–Kier alpha value is -3.93. The number of carbonyl (C=O) groups excluding carboxylic acids is 1. The van der Waals surface area contributed by atoms with Gasteiger partial charge in [0.25, 0.3) is 0 Å². The van der Waals surface area contributed by atoms with Crippen LogP contribution in [-0.4, -0.2) is 87.5 Å². The van der Waals surface area contributed by atoms with Crippen molar-refractivity contribution in [3.63, 3.8) is 0 Å². The lowest BCUT2D eigenvalue weighted by Crippen LogP contribution is -2.60. The van der Waals surface area contributed by atoms with Crippen LogP contribution in [0, 0.1) is 0 Å². The van der Waals surface area contributed by atoms with E-state index < -0.39 is 49.5 Å². The van der Waals surface area contributed by atoms with Crippen LogP contribution < -0.4 is 5.32 Å². The summed E-state index contributed by atoms with van der Waals surface area (Å²) in [6, 6.07) is -0.847. The number of hydrogen-bond donors (Lipinski definition) is 6. The first-order valence-corrected chi connectivity index (χ1v) is 30.1. The maximum Gasteiger partial charge on any atom is 0.220 e. The molecule has 0 saturated carbocycles. The molecule has 6 N–H and O–H groups in total. The van der Waals surface area contributed by atoms with Gasteiger partial charge in [-0.25, -0.2) is 0 Å². The van der Waals surface area contributed by atoms with Crippen molar-refractivity contribution in [1.29, 1.82) is 0 Å². The highest BCUT2D eigenvalue weighted by Crippen LogP contribution is 2.23. The summed E-state index contributed by atoms with van der Waals surface area (Å²) < 4.78 is 11.2. The molecule has 1 amide bonds. The minimum absolute atomic E-state index is 0.217. The van der Waals surface area contributed by atoms with Crippen LogP contribution in [0.5, 0.6) is 0 Å². The number of hydrogen-bond acceptors (Lipinski definition) is 8. The molecular formula is C67H109NO8. The lowest BCUT2D eigenvalue weighted by atomic mass is 9.99. The van der Waals surface area contributed by atoms with E-state index in [2.05, 4.69) is 153 Å². The molecule has 9 heteroatoms. The molecule has 0 aromatic rings. The normalized spacial score (nSPS) is 19.9. The van der Waals surface area contributed by atoms with E-state index in [4.69, 9.17) is 9.47 Å². The lowest BCUT2D eigenvalue weighted by Gasteiger charge is -2.40. The van der Waals surface area contributed by atoms with E-state index in [1.165, 1.54) is 77.0 Å². The smallest absolute Gasteiger partial charge is 0.220 e. The number of aliphatic hydroxyl groups excluding tert-OH is 5. The van der Waals surface area contributed by atoms with Crippen molar-refractivity contribution in [3.8, 4) is 0 Å². The Labute approximate surface area is 463 Å². The first kappa shape index (κ1) is 70.1. The summed E-state index contributed by atoms with van der Waals surface area (Å²) in [5.41, 5.74) is 0. The summed E-state index contributed by atoms with van der Waals surface area (Å²) in [6.45, 7) is 3.62. The van der Waals surface area contributed by atoms with Crippen LogP contribution in [0.15, 0.2) is 146 Å². The summed E-state index contributed by atoms with van der Waals surface area (Å²) >= 11 is 0. The van der Waals surface area contributed by atoms with Crippen molar-refractivity contribution >= 4 is 5.91 Å². The van der Waals surface area contributed by atoms with Crippen molar-refractivity contribution < 1.29 is 39.8 Å². The maximum absolute atomic E-state index is 13.1. The van der Waals surface area contributed by atoms with Gasteiger partial charge in [0.2, 0.25) is 5.91 Å². The molecule has 0 radical (unpaired) electrons. The fourth-order valence-corrected chi connectivity index (χ4v) is 8.43. The topological polar surface area (TPSA) is 149 Å². The molecule has 0 aliphatic carbocycles. The van der Waals surface area contributed by atoms with E-state index in [9.17, 15) is 30.3 Å². The molecule has 0 bridgehead atoms. The number of allylic oxidation sites excluding steroid dienone is 23. The minimum atomic E-state index is -1.59. The Morgan fingerprint density at radius 2 is 0.829 bits per heavy atom. The zero-order valence-corrected chi connectivity index (χ0v) is 47.7. The van der Waals surface area contributed by atoms with E-state index in [1.54, 1.807) is 6.08 Å². The third-order valence-electron chi connectivity index (χ3n) is 13.1. The molecule has 0 spiro atoms. The molecule has 1 heterocycles. The van der Waals surface area contributed by atoms with Crippen molar-refractivity contribution in [3.05, 3.63) is 146 Å². The number of carbonyl (C=O) groups is 1. The number of nitrogens with one attached hydrogen (secondary N) is 1. The van der Waals surface area contributed by atoms with Crippen molar-refractivity contribution in [1.82, 2.24) is 5.32 Å². The molecule has 7 atom stereocenters. The van der Waals surface area contributed by atoms with Gasteiger partial charge in [-0.3, -0.25) is 4.79 Å². The number of ether oxygens (including phenoxy) is 2. The standard InChI is InChI=1S/C67H109NO8/c1-3-5-7-9-11-13-15-17-19-21-23-24-25-26-27-28-29-30-31-32-33-34-35-36-37-38-39-41-43-45-47-49-51-53-55-57-63(71)68-60(59-75-67-66(74)65(73)64(72)62(58-69)76-67)61(70)56-54-52-50-48-46-44-42-40-22-20-18-16-14-12-10-8-6-4-2/h5,7,11,13,17,19,23-24,26-27,29-30,32-33,35-36,38-39,43,45-46,48,54,56,60-62,64-67,69-70,72-74H,3-4,6,8-10,12,14-16,18,20-22,25,28,31,34,37,40-42,44,47,49-53,55,57-59H2,1-2H3,(H,68,71)/b7-5-,13-11-,19-17-,24-23-,27-26-,30-29-,33-32-,36-35-,39-38-,45-43-,48-46+,56-54+. The van der Waals surface area contributed by atoms with E-state index >= 15 is 0 Å². The predicted molar refractivity (Wildman–Crippen MR) is 322 cm³/mol. The predicted octanol–water partition coefficient (Wildman–Crippen LogP) is 15.5. The molecule has 1 fully saturated rings. The molecule has 1 rings (SSSR count).